The zero-order valence-electron chi connectivity index (χ0n) is 11.7. The molecule has 2 N–H and O–H groups in total. The molecule has 1 aliphatic rings. The molecule has 0 atom stereocenters. The van der Waals surface area contributed by atoms with E-state index in [0.29, 0.717) is 21.9 Å². The highest BCUT2D eigenvalue weighted by molar-refractivity contribution is 9.10. The molecule has 1 fully saturated rings. The van der Waals surface area contributed by atoms with Gasteiger partial charge in [-0.2, -0.15) is 0 Å². The van der Waals surface area contributed by atoms with Gasteiger partial charge in [-0.15, -0.1) is 0 Å². The number of rotatable bonds is 5. The van der Waals surface area contributed by atoms with Crippen LogP contribution in [0.25, 0.3) is 0 Å². The van der Waals surface area contributed by atoms with E-state index in [1.165, 1.54) is 6.07 Å². The summed E-state index contributed by atoms with van der Waals surface area (Å²) in [5.74, 6) is 2.32. The first kappa shape index (κ1) is 14.3. The van der Waals surface area contributed by atoms with Crippen LogP contribution in [0.2, 0.25) is 0 Å². The zero-order valence-corrected chi connectivity index (χ0v) is 13.2. The van der Waals surface area contributed by atoms with E-state index >= 15 is 0 Å². The molecule has 3 rings (SSSR count). The highest BCUT2D eigenvalue weighted by atomic mass is 79.9. The fourth-order valence-corrected chi connectivity index (χ4v) is 2.51. The third-order valence-electron chi connectivity index (χ3n) is 3.26. The third kappa shape index (κ3) is 3.32. The van der Waals surface area contributed by atoms with Gasteiger partial charge in [-0.3, -0.25) is 0 Å². The average molecular weight is 351 g/mol. The number of benzene rings is 1. The molecule has 0 spiro atoms. The molecule has 110 valence electrons. The third-order valence-corrected chi connectivity index (χ3v) is 3.92. The largest absolute Gasteiger partial charge is 0.370 e. The highest BCUT2D eigenvalue weighted by Gasteiger charge is 2.27. The second-order valence-corrected chi connectivity index (χ2v) is 5.88. The molecule has 21 heavy (non-hydrogen) atoms. The van der Waals surface area contributed by atoms with Crippen molar-refractivity contribution in [2.75, 3.05) is 17.2 Å². The average Bonchev–Trinajstić information content (AvgIpc) is 3.28. The molecule has 1 aromatic heterocycles. The fourth-order valence-electron chi connectivity index (χ4n) is 2.07. The lowest BCUT2D eigenvalue weighted by Crippen LogP contribution is -2.06. The van der Waals surface area contributed by atoms with Crippen LogP contribution in [0.1, 0.15) is 31.5 Å². The second kappa shape index (κ2) is 5.97. The van der Waals surface area contributed by atoms with Gasteiger partial charge in [0.15, 0.2) is 0 Å². The van der Waals surface area contributed by atoms with Crippen molar-refractivity contribution in [2.45, 2.75) is 25.7 Å². The number of hydrogen-bond acceptors (Lipinski definition) is 4. The fraction of sp³-hybridized carbons (Fsp3) is 0.333. The van der Waals surface area contributed by atoms with Gasteiger partial charge in [0.05, 0.1) is 5.69 Å². The number of hydrogen-bond donors (Lipinski definition) is 2. The maximum Gasteiger partial charge on any atom is 0.147 e. The van der Waals surface area contributed by atoms with Crippen LogP contribution < -0.4 is 10.6 Å². The van der Waals surface area contributed by atoms with Crippen LogP contribution in [0.3, 0.4) is 0 Å². The van der Waals surface area contributed by atoms with Gasteiger partial charge in [-0.25, -0.2) is 14.4 Å². The molecular weight excluding hydrogens is 335 g/mol. The van der Waals surface area contributed by atoms with E-state index in [2.05, 4.69) is 36.5 Å². The van der Waals surface area contributed by atoms with Gasteiger partial charge in [-0.1, -0.05) is 6.07 Å². The SMILES string of the molecule is CCNc1cc(Nc2c(F)cccc2Br)nc(C2CC2)n1. The van der Waals surface area contributed by atoms with Gasteiger partial charge in [0, 0.05) is 23.0 Å². The Labute approximate surface area is 131 Å². The molecule has 0 radical (unpaired) electrons. The standard InChI is InChI=1S/C15H16BrFN4/c1-2-18-12-8-13(21-15(20-12)9-6-7-9)19-14-10(16)4-3-5-11(14)17/h3-5,8-9H,2,6-7H2,1H3,(H2,18,19,20,21). The Bertz CT molecular complexity index is 638. The smallest absolute Gasteiger partial charge is 0.147 e. The molecule has 1 heterocycles. The summed E-state index contributed by atoms with van der Waals surface area (Å²) < 4.78 is 14.6. The van der Waals surface area contributed by atoms with Gasteiger partial charge in [0.2, 0.25) is 0 Å². The Kier molecular flexibility index (Phi) is 4.05. The van der Waals surface area contributed by atoms with Crippen LogP contribution in [0.5, 0.6) is 0 Å². The van der Waals surface area contributed by atoms with Gasteiger partial charge < -0.3 is 10.6 Å². The van der Waals surface area contributed by atoms with Gasteiger partial charge >= 0.3 is 0 Å². The molecule has 0 amide bonds. The molecule has 0 bridgehead atoms. The Morgan fingerprint density at radius 1 is 1.29 bits per heavy atom. The molecule has 0 saturated heterocycles. The number of halogens is 2. The van der Waals surface area contributed by atoms with Crippen molar-refractivity contribution in [3.05, 3.63) is 40.4 Å². The lowest BCUT2D eigenvalue weighted by Gasteiger charge is -2.12. The number of nitrogens with one attached hydrogen (secondary N) is 2. The summed E-state index contributed by atoms with van der Waals surface area (Å²) in [4.78, 5) is 9.01. The lowest BCUT2D eigenvalue weighted by molar-refractivity contribution is 0.631. The van der Waals surface area contributed by atoms with E-state index in [9.17, 15) is 4.39 Å². The van der Waals surface area contributed by atoms with Crippen LogP contribution in [-0.4, -0.2) is 16.5 Å². The first-order valence-corrected chi connectivity index (χ1v) is 7.80. The van der Waals surface area contributed by atoms with Crippen LogP contribution in [0, 0.1) is 5.82 Å². The molecule has 4 nitrogen and oxygen atoms in total. The van der Waals surface area contributed by atoms with Crippen molar-refractivity contribution in [3.8, 4) is 0 Å². The van der Waals surface area contributed by atoms with Crippen LogP contribution in [-0.2, 0) is 0 Å². The molecular formula is C15H16BrFN4. The minimum Gasteiger partial charge on any atom is -0.370 e. The van der Waals surface area contributed by atoms with E-state index in [1.807, 2.05) is 6.92 Å². The van der Waals surface area contributed by atoms with E-state index in [-0.39, 0.29) is 5.82 Å². The first-order valence-electron chi connectivity index (χ1n) is 7.01. The van der Waals surface area contributed by atoms with Crippen molar-refractivity contribution in [2.24, 2.45) is 0 Å². The van der Waals surface area contributed by atoms with Crippen molar-refractivity contribution >= 4 is 33.3 Å². The van der Waals surface area contributed by atoms with E-state index < -0.39 is 0 Å². The maximum absolute atomic E-state index is 13.9. The monoisotopic (exact) mass is 350 g/mol. The number of para-hydroxylation sites is 1. The van der Waals surface area contributed by atoms with Crippen molar-refractivity contribution in [1.82, 2.24) is 9.97 Å². The molecule has 1 aromatic carbocycles. The van der Waals surface area contributed by atoms with Crippen molar-refractivity contribution in [3.63, 3.8) is 0 Å². The zero-order chi connectivity index (χ0) is 14.8. The first-order chi connectivity index (χ1) is 10.2. The summed E-state index contributed by atoms with van der Waals surface area (Å²) >= 11 is 3.35. The molecule has 0 unspecified atom stereocenters. The minimum absolute atomic E-state index is 0.319. The highest BCUT2D eigenvalue weighted by Crippen LogP contribution is 2.39. The normalized spacial score (nSPS) is 14.0. The van der Waals surface area contributed by atoms with Gasteiger partial charge in [-0.05, 0) is 47.8 Å². The summed E-state index contributed by atoms with van der Waals surface area (Å²) in [6, 6.07) is 6.67. The molecule has 6 heteroatoms. The number of aromatic nitrogens is 2. The van der Waals surface area contributed by atoms with Crippen LogP contribution in [0.4, 0.5) is 21.7 Å². The maximum atomic E-state index is 13.9. The topological polar surface area (TPSA) is 49.8 Å². The molecule has 2 aromatic rings. The van der Waals surface area contributed by atoms with Gasteiger partial charge in [0.25, 0.3) is 0 Å². The van der Waals surface area contributed by atoms with Crippen molar-refractivity contribution in [1.29, 1.82) is 0 Å². The van der Waals surface area contributed by atoms with E-state index in [4.69, 9.17) is 0 Å². The summed E-state index contributed by atoms with van der Waals surface area (Å²) in [6.07, 6.45) is 2.25. The minimum atomic E-state index is -0.319. The predicted molar refractivity (Wildman–Crippen MR) is 85.6 cm³/mol. The molecule has 0 aliphatic heterocycles. The Balaban J connectivity index is 1.93. The van der Waals surface area contributed by atoms with E-state index in [1.54, 1.807) is 18.2 Å². The second-order valence-electron chi connectivity index (χ2n) is 5.02. The summed E-state index contributed by atoms with van der Waals surface area (Å²) in [6.45, 7) is 2.80. The van der Waals surface area contributed by atoms with Crippen LogP contribution >= 0.6 is 15.9 Å². The molecule has 1 aliphatic carbocycles. The molecule has 1 saturated carbocycles. The van der Waals surface area contributed by atoms with Crippen molar-refractivity contribution < 1.29 is 4.39 Å². The summed E-state index contributed by atoms with van der Waals surface area (Å²) in [5.41, 5.74) is 0.389. The Morgan fingerprint density at radius 3 is 2.71 bits per heavy atom. The van der Waals surface area contributed by atoms with E-state index in [0.717, 1.165) is 31.0 Å². The Hall–Kier alpha value is -1.69. The summed E-state index contributed by atoms with van der Waals surface area (Å²) in [5, 5.41) is 6.24. The van der Waals surface area contributed by atoms with Gasteiger partial charge in [0.1, 0.15) is 23.3 Å². The quantitative estimate of drug-likeness (QED) is 0.837. The predicted octanol–water partition coefficient (Wildman–Crippen LogP) is 4.43. The number of anilines is 3. The summed E-state index contributed by atoms with van der Waals surface area (Å²) in [7, 11) is 0. The Morgan fingerprint density at radius 2 is 2.05 bits per heavy atom. The van der Waals surface area contributed by atoms with Crippen LogP contribution in [0.15, 0.2) is 28.7 Å². The lowest BCUT2D eigenvalue weighted by atomic mass is 10.3. The number of nitrogens with zero attached hydrogens (tertiary/aromatic N) is 2.